The van der Waals surface area contributed by atoms with E-state index in [0.717, 1.165) is 0 Å². The third-order valence-electron chi connectivity index (χ3n) is 2.58. The van der Waals surface area contributed by atoms with Gasteiger partial charge < -0.3 is 15.2 Å². The second kappa shape index (κ2) is 7.45. The number of rotatable bonds is 5. The molecule has 0 saturated carbocycles. The van der Waals surface area contributed by atoms with Crippen molar-refractivity contribution in [3.63, 3.8) is 0 Å². The average molecular weight is 300 g/mol. The van der Waals surface area contributed by atoms with E-state index in [1.54, 1.807) is 18.2 Å². The van der Waals surface area contributed by atoms with Gasteiger partial charge in [0.15, 0.2) is 0 Å². The first-order valence-electron chi connectivity index (χ1n) is 5.42. The summed E-state index contributed by atoms with van der Waals surface area (Å²) in [5.74, 6) is 0.869. The van der Waals surface area contributed by atoms with E-state index in [9.17, 15) is 13.2 Å². The minimum Gasteiger partial charge on any atom is -0.496 e. The maximum absolute atomic E-state index is 12.2. The van der Waals surface area contributed by atoms with E-state index in [4.69, 9.17) is 15.2 Å². The summed E-state index contributed by atoms with van der Waals surface area (Å²) in [4.78, 5) is 0. The number of benzene rings is 1. The molecular weight excluding hydrogens is 283 g/mol. The van der Waals surface area contributed by atoms with E-state index < -0.39 is 18.6 Å². The fourth-order valence-electron chi connectivity index (χ4n) is 1.71. The lowest BCUT2D eigenvalue weighted by atomic mass is 10.0. The van der Waals surface area contributed by atoms with Gasteiger partial charge in [0, 0.05) is 12.5 Å². The van der Waals surface area contributed by atoms with Gasteiger partial charge in [-0.15, -0.1) is 12.4 Å². The zero-order valence-electron chi connectivity index (χ0n) is 10.7. The fraction of sp³-hybridized carbons (Fsp3) is 0.500. The van der Waals surface area contributed by atoms with Crippen molar-refractivity contribution in [2.24, 2.45) is 5.73 Å². The highest BCUT2D eigenvalue weighted by Crippen LogP contribution is 2.36. The molecule has 2 N–H and O–H groups in total. The van der Waals surface area contributed by atoms with Gasteiger partial charge in [0.25, 0.3) is 0 Å². The second-order valence-electron chi connectivity index (χ2n) is 3.84. The lowest BCUT2D eigenvalue weighted by Crippen LogP contribution is -2.17. The Morgan fingerprint density at radius 2 is 1.63 bits per heavy atom. The lowest BCUT2D eigenvalue weighted by Gasteiger charge is -2.19. The van der Waals surface area contributed by atoms with Gasteiger partial charge in [-0.25, -0.2) is 0 Å². The molecule has 0 spiro atoms. The molecule has 19 heavy (non-hydrogen) atoms. The molecule has 0 aliphatic rings. The SMILES string of the molecule is COc1cccc(OC)c1[C@@H](N)CCC(F)(F)F.Cl. The third-order valence-corrected chi connectivity index (χ3v) is 2.58. The number of methoxy groups -OCH3 is 2. The van der Waals surface area contributed by atoms with Crippen LogP contribution in [0.15, 0.2) is 18.2 Å². The zero-order valence-corrected chi connectivity index (χ0v) is 11.5. The van der Waals surface area contributed by atoms with Gasteiger partial charge in [-0.2, -0.15) is 13.2 Å². The van der Waals surface area contributed by atoms with Crippen LogP contribution in [0.4, 0.5) is 13.2 Å². The smallest absolute Gasteiger partial charge is 0.389 e. The van der Waals surface area contributed by atoms with Crippen molar-refractivity contribution in [1.29, 1.82) is 0 Å². The number of nitrogens with two attached hydrogens (primary N) is 1. The van der Waals surface area contributed by atoms with Crippen LogP contribution < -0.4 is 15.2 Å². The summed E-state index contributed by atoms with van der Waals surface area (Å²) in [6.07, 6.45) is -5.36. The minimum absolute atomic E-state index is 0. The van der Waals surface area contributed by atoms with Crippen LogP contribution in [0.5, 0.6) is 11.5 Å². The highest BCUT2D eigenvalue weighted by molar-refractivity contribution is 5.85. The molecular formula is C12H17ClF3NO2. The van der Waals surface area contributed by atoms with Crippen molar-refractivity contribution >= 4 is 12.4 Å². The predicted molar refractivity (Wildman–Crippen MR) is 69.0 cm³/mol. The maximum atomic E-state index is 12.2. The Balaban J connectivity index is 0.00000324. The Hall–Kier alpha value is -1.14. The molecule has 0 fully saturated rings. The first-order valence-corrected chi connectivity index (χ1v) is 5.42. The molecule has 0 bridgehead atoms. The monoisotopic (exact) mass is 299 g/mol. The van der Waals surface area contributed by atoms with Crippen LogP contribution in [0.3, 0.4) is 0 Å². The van der Waals surface area contributed by atoms with Crippen molar-refractivity contribution < 1.29 is 22.6 Å². The summed E-state index contributed by atoms with van der Waals surface area (Å²) in [6.45, 7) is 0. The van der Waals surface area contributed by atoms with Crippen molar-refractivity contribution in [1.82, 2.24) is 0 Å². The van der Waals surface area contributed by atoms with Gasteiger partial charge in [-0.3, -0.25) is 0 Å². The van der Waals surface area contributed by atoms with Crippen molar-refractivity contribution in [2.75, 3.05) is 14.2 Å². The Labute approximate surface area is 116 Å². The third kappa shape index (κ3) is 5.16. The van der Waals surface area contributed by atoms with Crippen LogP contribution in [0.2, 0.25) is 0 Å². The van der Waals surface area contributed by atoms with Crippen LogP contribution in [-0.4, -0.2) is 20.4 Å². The average Bonchev–Trinajstić information content (AvgIpc) is 2.33. The van der Waals surface area contributed by atoms with Gasteiger partial charge in [0.2, 0.25) is 0 Å². The van der Waals surface area contributed by atoms with E-state index in [1.165, 1.54) is 14.2 Å². The summed E-state index contributed by atoms with van der Waals surface area (Å²) in [5.41, 5.74) is 6.26. The summed E-state index contributed by atoms with van der Waals surface area (Å²) in [6, 6.07) is 4.20. The molecule has 0 radical (unpaired) electrons. The standard InChI is InChI=1S/C12H16F3NO2.ClH/c1-17-9-4-3-5-10(18-2)11(9)8(16)6-7-12(13,14)15;/h3-5,8H,6-7,16H2,1-2H3;1H/t8-;/m0./s1. The molecule has 1 aromatic rings. The van der Waals surface area contributed by atoms with E-state index in [2.05, 4.69) is 0 Å². The van der Waals surface area contributed by atoms with Gasteiger partial charge in [0.05, 0.1) is 19.8 Å². The van der Waals surface area contributed by atoms with Gasteiger partial charge in [-0.05, 0) is 18.6 Å². The molecule has 0 saturated heterocycles. The van der Waals surface area contributed by atoms with E-state index in [-0.39, 0.29) is 18.8 Å². The Bertz CT molecular complexity index is 377. The molecule has 0 aliphatic carbocycles. The lowest BCUT2D eigenvalue weighted by molar-refractivity contribution is -0.136. The van der Waals surface area contributed by atoms with Crippen molar-refractivity contribution in [2.45, 2.75) is 25.1 Å². The molecule has 1 rings (SSSR count). The molecule has 1 aromatic carbocycles. The highest BCUT2D eigenvalue weighted by atomic mass is 35.5. The summed E-state index contributed by atoms with van der Waals surface area (Å²) < 4.78 is 46.7. The molecule has 0 aromatic heterocycles. The van der Waals surface area contributed by atoms with Crippen LogP contribution in [0, 0.1) is 0 Å². The Kier molecular flexibility index (Phi) is 7.00. The molecule has 110 valence electrons. The summed E-state index contributed by atoms with van der Waals surface area (Å²) in [5, 5.41) is 0. The van der Waals surface area contributed by atoms with Crippen LogP contribution >= 0.6 is 12.4 Å². The molecule has 7 heteroatoms. The first-order chi connectivity index (χ1) is 8.39. The van der Waals surface area contributed by atoms with Crippen molar-refractivity contribution in [3.05, 3.63) is 23.8 Å². The van der Waals surface area contributed by atoms with Crippen molar-refractivity contribution in [3.8, 4) is 11.5 Å². The maximum Gasteiger partial charge on any atom is 0.389 e. The van der Waals surface area contributed by atoms with Crippen LogP contribution in [-0.2, 0) is 0 Å². The largest absolute Gasteiger partial charge is 0.496 e. The molecule has 3 nitrogen and oxygen atoms in total. The predicted octanol–water partition coefficient (Wildman–Crippen LogP) is 3.47. The van der Waals surface area contributed by atoms with Crippen LogP contribution in [0.25, 0.3) is 0 Å². The summed E-state index contributed by atoms with van der Waals surface area (Å²) >= 11 is 0. The fourth-order valence-corrected chi connectivity index (χ4v) is 1.71. The molecule has 0 amide bonds. The molecule has 0 heterocycles. The van der Waals surface area contributed by atoms with E-state index in [1.807, 2.05) is 0 Å². The minimum atomic E-state index is -4.22. The topological polar surface area (TPSA) is 44.5 Å². The number of alkyl halides is 3. The van der Waals surface area contributed by atoms with E-state index in [0.29, 0.717) is 17.1 Å². The molecule has 1 atom stereocenters. The molecule has 0 unspecified atom stereocenters. The number of hydrogen-bond acceptors (Lipinski definition) is 3. The van der Waals surface area contributed by atoms with E-state index >= 15 is 0 Å². The molecule has 0 aliphatic heterocycles. The quantitative estimate of drug-likeness (QED) is 0.905. The van der Waals surface area contributed by atoms with Gasteiger partial charge in [-0.1, -0.05) is 6.07 Å². The van der Waals surface area contributed by atoms with Gasteiger partial charge >= 0.3 is 6.18 Å². The Morgan fingerprint density at radius 1 is 1.16 bits per heavy atom. The number of hydrogen-bond donors (Lipinski definition) is 1. The number of ether oxygens (including phenoxy) is 2. The van der Waals surface area contributed by atoms with Crippen LogP contribution in [0.1, 0.15) is 24.4 Å². The highest BCUT2D eigenvalue weighted by Gasteiger charge is 2.29. The second-order valence-corrected chi connectivity index (χ2v) is 3.84. The number of halogens is 4. The zero-order chi connectivity index (χ0) is 13.8. The normalized spacial score (nSPS) is 12.5. The summed E-state index contributed by atoms with van der Waals surface area (Å²) in [7, 11) is 2.88. The Morgan fingerprint density at radius 3 is 2.00 bits per heavy atom. The first kappa shape index (κ1) is 17.9. The van der Waals surface area contributed by atoms with Gasteiger partial charge in [0.1, 0.15) is 11.5 Å².